The predicted molar refractivity (Wildman–Crippen MR) is 101 cm³/mol. The summed E-state index contributed by atoms with van der Waals surface area (Å²) in [5, 5.41) is 9.82. The highest BCUT2D eigenvalue weighted by Crippen LogP contribution is 2.19. The van der Waals surface area contributed by atoms with E-state index in [9.17, 15) is 0 Å². The first-order valence-corrected chi connectivity index (χ1v) is 9.09. The van der Waals surface area contributed by atoms with Crippen LogP contribution < -0.4 is 4.74 Å². The van der Waals surface area contributed by atoms with E-state index in [-0.39, 0.29) is 6.61 Å². The van der Waals surface area contributed by atoms with Crippen LogP contribution in [0.25, 0.3) is 11.0 Å². The lowest BCUT2D eigenvalue weighted by Crippen LogP contribution is -2.07. The zero-order chi connectivity index (χ0) is 17.5. The second-order valence-corrected chi connectivity index (χ2v) is 6.44. The monoisotopic (exact) mass is 358 g/mol. The topological polar surface area (TPSA) is 47.3 Å². The van der Waals surface area contributed by atoms with Gasteiger partial charge in [-0.1, -0.05) is 23.7 Å². The summed E-state index contributed by atoms with van der Waals surface area (Å²) in [6, 6.07) is 15.6. The molecule has 1 N–H and O–H groups in total. The van der Waals surface area contributed by atoms with Gasteiger partial charge in [0, 0.05) is 24.6 Å². The first-order chi connectivity index (χ1) is 12.3. The largest absolute Gasteiger partial charge is 0.494 e. The molecule has 3 rings (SSSR count). The van der Waals surface area contributed by atoms with Crippen molar-refractivity contribution in [2.45, 2.75) is 32.2 Å². The molecule has 0 saturated carbocycles. The highest BCUT2D eigenvalue weighted by Gasteiger charge is 2.09. The van der Waals surface area contributed by atoms with E-state index in [2.05, 4.69) is 10.6 Å². The molecule has 0 fully saturated rings. The van der Waals surface area contributed by atoms with E-state index >= 15 is 0 Å². The Labute approximate surface area is 153 Å². The van der Waals surface area contributed by atoms with Crippen molar-refractivity contribution in [3.05, 3.63) is 59.4 Å². The van der Waals surface area contributed by atoms with Gasteiger partial charge in [-0.2, -0.15) is 0 Å². The fourth-order valence-corrected chi connectivity index (χ4v) is 3.02. The van der Waals surface area contributed by atoms with Crippen LogP contribution in [0.3, 0.4) is 0 Å². The molecule has 1 aromatic heterocycles. The van der Waals surface area contributed by atoms with Gasteiger partial charge in [0.2, 0.25) is 0 Å². The van der Waals surface area contributed by atoms with Crippen LogP contribution in [-0.4, -0.2) is 27.9 Å². The van der Waals surface area contributed by atoms with Crippen molar-refractivity contribution < 1.29 is 9.84 Å². The number of unbranched alkanes of at least 4 members (excludes halogenated alkanes) is 1. The predicted octanol–water partition coefficient (Wildman–Crippen LogP) is 4.47. The lowest BCUT2D eigenvalue weighted by atomic mass is 10.2. The minimum absolute atomic E-state index is 0.193. The summed E-state index contributed by atoms with van der Waals surface area (Å²) in [5.74, 6) is 1.90. The lowest BCUT2D eigenvalue weighted by molar-refractivity contribution is 0.286. The van der Waals surface area contributed by atoms with Gasteiger partial charge >= 0.3 is 0 Å². The van der Waals surface area contributed by atoms with E-state index in [1.54, 1.807) is 0 Å². The zero-order valence-corrected chi connectivity index (χ0v) is 15.0. The number of aromatic nitrogens is 2. The quantitative estimate of drug-likeness (QED) is 0.574. The Morgan fingerprint density at radius 1 is 1.00 bits per heavy atom. The lowest BCUT2D eigenvalue weighted by Gasteiger charge is -2.10. The zero-order valence-electron chi connectivity index (χ0n) is 14.2. The van der Waals surface area contributed by atoms with E-state index in [0.29, 0.717) is 6.61 Å². The van der Waals surface area contributed by atoms with Gasteiger partial charge in [-0.3, -0.25) is 0 Å². The van der Waals surface area contributed by atoms with Crippen LogP contribution in [0.15, 0.2) is 48.5 Å². The van der Waals surface area contributed by atoms with Crippen molar-refractivity contribution in [3.63, 3.8) is 0 Å². The number of hydrogen-bond donors (Lipinski definition) is 1. The van der Waals surface area contributed by atoms with Gasteiger partial charge in [-0.05, 0) is 55.7 Å². The molecule has 5 heteroatoms. The van der Waals surface area contributed by atoms with E-state index in [4.69, 9.17) is 26.4 Å². The number of nitrogens with zero attached hydrogens (tertiary/aromatic N) is 2. The summed E-state index contributed by atoms with van der Waals surface area (Å²) < 4.78 is 8.02. The Kier molecular flexibility index (Phi) is 6.31. The van der Waals surface area contributed by atoms with Crippen LogP contribution in [-0.2, 0) is 13.0 Å². The molecule has 2 aromatic carbocycles. The number of fused-ring (bicyclic) bond motifs is 1. The van der Waals surface area contributed by atoms with Gasteiger partial charge in [0.15, 0.2) is 0 Å². The van der Waals surface area contributed by atoms with Gasteiger partial charge in [0.1, 0.15) is 11.6 Å². The molecule has 0 amide bonds. The minimum atomic E-state index is 0.193. The summed E-state index contributed by atoms with van der Waals surface area (Å²) >= 11 is 5.87. The Morgan fingerprint density at radius 3 is 2.60 bits per heavy atom. The number of rotatable bonds is 9. The molecule has 3 aromatic rings. The first-order valence-electron chi connectivity index (χ1n) is 8.71. The summed E-state index contributed by atoms with van der Waals surface area (Å²) in [7, 11) is 0. The molecule has 0 spiro atoms. The molecule has 0 aliphatic rings. The highest BCUT2D eigenvalue weighted by molar-refractivity contribution is 6.30. The number of ether oxygens (including phenoxy) is 1. The molecule has 0 unspecified atom stereocenters. The van der Waals surface area contributed by atoms with Crippen molar-refractivity contribution in [3.8, 4) is 5.75 Å². The molecular formula is C20H23ClN2O2. The van der Waals surface area contributed by atoms with Crippen molar-refractivity contribution in [2.75, 3.05) is 13.2 Å². The van der Waals surface area contributed by atoms with Gasteiger partial charge in [-0.15, -0.1) is 0 Å². The summed E-state index contributed by atoms with van der Waals surface area (Å²) in [4.78, 5) is 4.71. The summed E-state index contributed by atoms with van der Waals surface area (Å²) in [6.07, 6.45) is 3.52. The number of hydrogen-bond acceptors (Lipinski definition) is 3. The molecule has 4 nitrogen and oxygen atoms in total. The van der Waals surface area contributed by atoms with Gasteiger partial charge in [-0.25, -0.2) is 4.98 Å². The Hall–Kier alpha value is -2.04. The Bertz CT molecular complexity index is 799. The molecule has 0 aliphatic carbocycles. The number of para-hydroxylation sites is 2. The van der Waals surface area contributed by atoms with Crippen LogP contribution in [0.1, 0.15) is 25.1 Å². The first kappa shape index (κ1) is 17.8. The van der Waals surface area contributed by atoms with E-state index in [0.717, 1.165) is 59.9 Å². The normalized spacial score (nSPS) is 11.1. The van der Waals surface area contributed by atoms with E-state index in [1.165, 1.54) is 0 Å². The smallest absolute Gasteiger partial charge is 0.119 e. The number of aryl methyl sites for hydroxylation is 2. The molecule has 1 heterocycles. The minimum Gasteiger partial charge on any atom is -0.494 e. The van der Waals surface area contributed by atoms with Crippen LogP contribution >= 0.6 is 11.6 Å². The van der Waals surface area contributed by atoms with E-state index < -0.39 is 0 Å². The SMILES string of the molecule is OCCCc1nc2ccccc2n1CCCCOc1ccc(Cl)cc1. The average Bonchev–Trinajstić information content (AvgIpc) is 2.99. The second-order valence-electron chi connectivity index (χ2n) is 6.01. The van der Waals surface area contributed by atoms with Crippen molar-refractivity contribution in [1.82, 2.24) is 9.55 Å². The van der Waals surface area contributed by atoms with Crippen LogP contribution in [0.4, 0.5) is 0 Å². The maximum Gasteiger partial charge on any atom is 0.119 e. The van der Waals surface area contributed by atoms with Crippen LogP contribution in [0, 0.1) is 0 Å². The fourth-order valence-electron chi connectivity index (χ4n) is 2.90. The van der Waals surface area contributed by atoms with E-state index in [1.807, 2.05) is 42.5 Å². The molecule has 25 heavy (non-hydrogen) atoms. The van der Waals surface area contributed by atoms with Crippen molar-refractivity contribution in [2.24, 2.45) is 0 Å². The summed E-state index contributed by atoms with van der Waals surface area (Å²) in [5.41, 5.74) is 2.18. The Balaban J connectivity index is 1.55. The number of halogens is 1. The third-order valence-electron chi connectivity index (χ3n) is 4.15. The number of aliphatic hydroxyl groups is 1. The number of imidazole rings is 1. The number of benzene rings is 2. The van der Waals surface area contributed by atoms with Crippen molar-refractivity contribution >= 4 is 22.6 Å². The van der Waals surface area contributed by atoms with Gasteiger partial charge < -0.3 is 14.4 Å². The third kappa shape index (κ3) is 4.74. The molecular weight excluding hydrogens is 336 g/mol. The van der Waals surface area contributed by atoms with Gasteiger partial charge in [0.25, 0.3) is 0 Å². The summed E-state index contributed by atoms with van der Waals surface area (Å²) in [6.45, 7) is 1.78. The van der Waals surface area contributed by atoms with Crippen LogP contribution in [0.2, 0.25) is 5.02 Å². The molecule has 0 aliphatic heterocycles. The van der Waals surface area contributed by atoms with Crippen molar-refractivity contribution in [1.29, 1.82) is 0 Å². The molecule has 0 atom stereocenters. The molecule has 0 saturated heterocycles. The molecule has 0 radical (unpaired) electrons. The maximum absolute atomic E-state index is 9.10. The second kappa shape index (κ2) is 8.88. The van der Waals surface area contributed by atoms with Gasteiger partial charge in [0.05, 0.1) is 17.6 Å². The maximum atomic E-state index is 9.10. The molecule has 0 bridgehead atoms. The fraction of sp³-hybridized carbons (Fsp3) is 0.350. The molecule has 132 valence electrons. The number of aliphatic hydroxyl groups excluding tert-OH is 1. The average molecular weight is 359 g/mol. The van der Waals surface area contributed by atoms with Crippen LogP contribution in [0.5, 0.6) is 5.75 Å². The third-order valence-corrected chi connectivity index (χ3v) is 4.40. The highest BCUT2D eigenvalue weighted by atomic mass is 35.5. The standard InChI is InChI=1S/C20H23ClN2O2/c21-16-9-11-17(12-10-16)25-15-4-3-13-23-19-7-2-1-6-18(19)22-20(23)8-5-14-24/h1-2,6-7,9-12,24H,3-5,8,13-15H2. The Morgan fingerprint density at radius 2 is 1.80 bits per heavy atom.